The lowest BCUT2D eigenvalue weighted by Gasteiger charge is -2.11. The maximum atomic E-state index is 6.33. The Morgan fingerprint density at radius 3 is 2.75 bits per heavy atom. The Hall–Kier alpha value is -1.03. The first kappa shape index (κ1) is 13.9. The van der Waals surface area contributed by atoms with Crippen molar-refractivity contribution in [3.05, 3.63) is 11.5 Å². The zero-order chi connectivity index (χ0) is 14.3. The monoisotopic (exact) mass is 294 g/mol. The molecule has 2 aromatic heterocycles. The molecule has 1 aliphatic rings. The van der Waals surface area contributed by atoms with Gasteiger partial charge in [-0.1, -0.05) is 12.8 Å². The van der Waals surface area contributed by atoms with Crippen LogP contribution < -0.4 is 0 Å². The van der Waals surface area contributed by atoms with Gasteiger partial charge in [-0.25, -0.2) is 9.67 Å². The molecule has 0 saturated heterocycles. The minimum Gasteiger partial charge on any atom is -0.312 e. The summed E-state index contributed by atoms with van der Waals surface area (Å²) < 4.78 is 4.34. The molecule has 0 bridgehead atoms. The molecule has 0 amide bonds. The normalized spacial score (nSPS) is 17.0. The van der Waals surface area contributed by atoms with Crippen LogP contribution in [0.4, 0.5) is 0 Å². The summed E-state index contributed by atoms with van der Waals surface area (Å²) in [5.74, 6) is 1.96. The van der Waals surface area contributed by atoms with Gasteiger partial charge in [0.05, 0.1) is 11.1 Å². The topological polar surface area (TPSA) is 35.6 Å². The van der Waals surface area contributed by atoms with Crippen molar-refractivity contribution < 1.29 is 0 Å². The van der Waals surface area contributed by atoms with E-state index in [1.54, 1.807) is 0 Å². The summed E-state index contributed by atoms with van der Waals surface area (Å²) >= 11 is 6.33. The molecule has 1 saturated carbocycles. The lowest BCUT2D eigenvalue weighted by atomic mass is 10.2. The van der Waals surface area contributed by atoms with Crippen molar-refractivity contribution in [3.8, 4) is 0 Å². The molecule has 0 spiro atoms. The second kappa shape index (κ2) is 5.40. The molecule has 1 unspecified atom stereocenters. The first-order valence-electron chi connectivity index (χ1n) is 7.69. The average molecular weight is 295 g/mol. The number of halogens is 1. The third-order valence-electron chi connectivity index (χ3n) is 4.17. The van der Waals surface area contributed by atoms with E-state index in [-0.39, 0.29) is 5.38 Å². The molecule has 3 rings (SSSR count). The molecule has 1 aliphatic carbocycles. The standard InChI is InChI=1S/C15H23ClN4/c1-4-20-15-13(11(3)18-20)17-14(10(2)16)19(15)9-5-6-12-7-8-12/h10,12H,4-9H2,1-3H3. The molecule has 2 heterocycles. The number of hydrogen-bond acceptors (Lipinski definition) is 2. The molecule has 0 aliphatic heterocycles. The fraction of sp³-hybridized carbons (Fsp3) is 0.733. The number of alkyl halides is 1. The highest BCUT2D eigenvalue weighted by Gasteiger charge is 2.23. The van der Waals surface area contributed by atoms with Gasteiger partial charge in [-0.2, -0.15) is 5.10 Å². The van der Waals surface area contributed by atoms with E-state index in [4.69, 9.17) is 16.6 Å². The lowest BCUT2D eigenvalue weighted by molar-refractivity contribution is 0.551. The number of aromatic nitrogens is 4. The Bertz CT molecular complexity index is 607. The van der Waals surface area contributed by atoms with E-state index >= 15 is 0 Å². The second-order valence-electron chi connectivity index (χ2n) is 5.90. The molecule has 4 nitrogen and oxygen atoms in total. The Labute approximate surface area is 125 Å². The van der Waals surface area contributed by atoms with Crippen LogP contribution in [-0.2, 0) is 13.1 Å². The Balaban J connectivity index is 1.97. The number of imidazole rings is 1. The van der Waals surface area contributed by atoms with Gasteiger partial charge < -0.3 is 4.57 Å². The van der Waals surface area contributed by atoms with Gasteiger partial charge in [0, 0.05) is 13.1 Å². The maximum absolute atomic E-state index is 6.33. The van der Waals surface area contributed by atoms with Gasteiger partial charge in [-0.3, -0.25) is 0 Å². The van der Waals surface area contributed by atoms with Gasteiger partial charge in [-0.05, 0) is 39.5 Å². The smallest absolute Gasteiger partial charge is 0.158 e. The number of nitrogens with zero attached hydrogens (tertiary/aromatic N) is 4. The SMILES string of the molecule is CCn1nc(C)c2nc(C(C)Cl)n(CCCC3CC3)c21. The Kier molecular flexibility index (Phi) is 3.76. The summed E-state index contributed by atoms with van der Waals surface area (Å²) in [6.07, 6.45) is 5.38. The number of rotatable bonds is 6. The maximum Gasteiger partial charge on any atom is 0.158 e. The summed E-state index contributed by atoms with van der Waals surface area (Å²) in [7, 11) is 0. The van der Waals surface area contributed by atoms with Crippen molar-refractivity contribution >= 4 is 22.8 Å². The quantitative estimate of drug-likeness (QED) is 0.754. The van der Waals surface area contributed by atoms with Crippen LogP contribution in [0.5, 0.6) is 0 Å². The lowest BCUT2D eigenvalue weighted by Crippen LogP contribution is -2.09. The molecule has 0 radical (unpaired) electrons. The second-order valence-corrected chi connectivity index (χ2v) is 6.55. The highest BCUT2D eigenvalue weighted by molar-refractivity contribution is 6.20. The van der Waals surface area contributed by atoms with E-state index in [2.05, 4.69) is 21.3 Å². The largest absolute Gasteiger partial charge is 0.312 e. The van der Waals surface area contributed by atoms with Gasteiger partial charge >= 0.3 is 0 Å². The van der Waals surface area contributed by atoms with Crippen LogP contribution in [0.15, 0.2) is 0 Å². The minimum absolute atomic E-state index is 0.0620. The average Bonchev–Trinajstić information content (AvgIpc) is 3.07. The number of hydrogen-bond donors (Lipinski definition) is 0. The van der Waals surface area contributed by atoms with Crippen molar-refractivity contribution in [1.82, 2.24) is 19.3 Å². The summed E-state index contributed by atoms with van der Waals surface area (Å²) in [4.78, 5) is 4.74. The molecule has 2 aromatic rings. The first-order chi connectivity index (χ1) is 9.61. The molecular weight excluding hydrogens is 272 g/mol. The third kappa shape index (κ3) is 2.46. The zero-order valence-corrected chi connectivity index (χ0v) is 13.3. The van der Waals surface area contributed by atoms with Crippen molar-refractivity contribution in [2.45, 2.75) is 64.9 Å². The summed E-state index contributed by atoms with van der Waals surface area (Å²) in [5, 5.41) is 4.51. The third-order valence-corrected chi connectivity index (χ3v) is 4.37. The van der Waals surface area contributed by atoms with Crippen LogP contribution in [0.2, 0.25) is 0 Å². The van der Waals surface area contributed by atoms with E-state index in [1.165, 1.54) is 25.7 Å². The van der Waals surface area contributed by atoms with Crippen LogP contribution in [0, 0.1) is 12.8 Å². The van der Waals surface area contributed by atoms with E-state index in [1.807, 2.05) is 13.8 Å². The predicted octanol–water partition coefficient (Wildman–Crippen LogP) is 4.05. The molecular formula is C15H23ClN4. The Morgan fingerprint density at radius 1 is 1.40 bits per heavy atom. The molecule has 5 heteroatoms. The van der Waals surface area contributed by atoms with E-state index < -0.39 is 0 Å². The molecule has 0 N–H and O–H groups in total. The van der Waals surface area contributed by atoms with Gasteiger partial charge in [0.25, 0.3) is 0 Å². The summed E-state index contributed by atoms with van der Waals surface area (Å²) in [5.41, 5.74) is 3.16. The molecule has 110 valence electrons. The fourth-order valence-electron chi connectivity index (χ4n) is 2.93. The minimum atomic E-state index is -0.0620. The van der Waals surface area contributed by atoms with Gasteiger partial charge in [-0.15, -0.1) is 11.6 Å². The molecule has 1 atom stereocenters. The van der Waals surface area contributed by atoms with Crippen LogP contribution in [0.1, 0.15) is 56.4 Å². The van der Waals surface area contributed by atoms with Crippen LogP contribution >= 0.6 is 11.6 Å². The van der Waals surface area contributed by atoms with Crippen molar-refractivity contribution in [2.75, 3.05) is 0 Å². The highest BCUT2D eigenvalue weighted by atomic mass is 35.5. The van der Waals surface area contributed by atoms with E-state index in [0.29, 0.717) is 0 Å². The zero-order valence-electron chi connectivity index (χ0n) is 12.6. The van der Waals surface area contributed by atoms with Gasteiger partial charge in [0.15, 0.2) is 5.65 Å². The molecule has 0 aromatic carbocycles. The van der Waals surface area contributed by atoms with Gasteiger partial charge in [0.2, 0.25) is 0 Å². The summed E-state index contributed by atoms with van der Waals surface area (Å²) in [6.45, 7) is 8.02. The van der Waals surface area contributed by atoms with Crippen LogP contribution in [0.3, 0.4) is 0 Å². The number of fused-ring (bicyclic) bond motifs is 1. The first-order valence-corrected chi connectivity index (χ1v) is 8.13. The molecule has 1 fully saturated rings. The predicted molar refractivity (Wildman–Crippen MR) is 82.2 cm³/mol. The van der Waals surface area contributed by atoms with E-state index in [0.717, 1.165) is 41.7 Å². The van der Waals surface area contributed by atoms with Crippen molar-refractivity contribution in [3.63, 3.8) is 0 Å². The molecule has 20 heavy (non-hydrogen) atoms. The van der Waals surface area contributed by atoms with Crippen molar-refractivity contribution in [2.24, 2.45) is 5.92 Å². The fourth-order valence-corrected chi connectivity index (χ4v) is 3.10. The number of aryl methyl sites for hydroxylation is 3. The highest BCUT2D eigenvalue weighted by Crippen LogP contribution is 2.34. The van der Waals surface area contributed by atoms with E-state index in [9.17, 15) is 0 Å². The van der Waals surface area contributed by atoms with Crippen molar-refractivity contribution in [1.29, 1.82) is 0 Å². The summed E-state index contributed by atoms with van der Waals surface area (Å²) in [6, 6.07) is 0. The Morgan fingerprint density at radius 2 is 2.15 bits per heavy atom. The van der Waals surface area contributed by atoms with Gasteiger partial charge in [0.1, 0.15) is 11.3 Å². The van der Waals surface area contributed by atoms with Crippen LogP contribution in [0.25, 0.3) is 11.2 Å². The van der Waals surface area contributed by atoms with Crippen LogP contribution in [-0.4, -0.2) is 19.3 Å².